The van der Waals surface area contributed by atoms with Gasteiger partial charge >= 0.3 is 199 Å². The quantitative estimate of drug-likeness (QED) is 0.309. The van der Waals surface area contributed by atoms with E-state index in [1.165, 1.54) is 5.56 Å². The Kier molecular flexibility index (Phi) is 8.37. The van der Waals surface area contributed by atoms with E-state index in [1.807, 2.05) is 24.4 Å². The average Bonchev–Trinajstić information content (AvgIpc) is 2.82. The number of hydrogen-bond acceptors (Lipinski definition) is 3. The van der Waals surface area contributed by atoms with Crippen molar-refractivity contribution >= 4 is 42.7 Å². The van der Waals surface area contributed by atoms with Crippen LogP contribution in [0, 0.1) is 0 Å². The Morgan fingerprint density at radius 1 is 0.903 bits per heavy atom. The van der Waals surface area contributed by atoms with Gasteiger partial charge in [-0.25, -0.2) is 0 Å². The van der Waals surface area contributed by atoms with E-state index in [4.69, 9.17) is 22.7 Å². The van der Waals surface area contributed by atoms with E-state index in [9.17, 15) is 0 Å². The van der Waals surface area contributed by atoms with Gasteiger partial charge in [0.05, 0.1) is 0 Å². The van der Waals surface area contributed by atoms with Crippen molar-refractivity contribution in [3.8, 4) is 11.5 Å². The van der Waals surface area contributed by atoms with Crippen LogP contribution in [0.2, 0.25) is 13.9 Å². The van der Waals surface area contributed by atoms with Crippen LogP contribution in [0.25, 0.3) is 0 Å². The van der Waals surface area contributed by atoms with Gasteiger partial charge in [-0.15, -0.1) is 0 Å². The summed E-state index contributed by atoms with van der Waals surface area (Å²) in [5, 5.41) is 0.693. The molecule has 0 aliphatic carbocycles. The van der Waals surface area contributed by atoms with Crippen LogP contribution in [0.15, 0.2) is 41.4 Å². The average molecular weight is 549 g/mol. The number of hydrogen-bond donors (Lipinski definition) is 0. The molecule has 0 radical (unpaired) electrons. The topological polar surface area (TPSA) is 30.8 Å². The second kappa shape index (κ2) is 10.6. The van der Waals surface area contributed by atoms with Crippen LogP contribution < -0.4 is 6.15 Å². The zero-order valence-electron chi connectivity index (χ0n) is 19.6. The molecule has 2 aromatic rings. The van der Waals surface area contributed by atoms with Crippen molar-refractivity contribution < 1.29 is 6.15 Å². The molecule has 0 amide bonds. The molecule has 5 heteroatoms. The number of benzene rings is 2. The molecular formula is C26H36ClNO2Sn. The third-order valence-corrected chi connectivity index (χ3v) is 16.3. The predicted molar refractivity (Wildman–Crippen MR) is 135 cm³/mol. The monoisotopic (exact) mass is 549 g/mol. The number of halogens is 1. The molecule has 0 saturated heterocycles. The normalized spacial score (nSPS) is 15.0. The van der Waals surface area contributed by atoms with Gasteiger partial charge in [-0.1, -0.05) is 0 Å². The van der Waals surface area contributed by atoms with Crippen LogP contribution in [-0.4, -0.2) is 25.4 Å². The Hall–Kier alpha value is -1.20. The molecule has 0 fully saturated rings. The summed E-state index contributed by atoms with van der Waals surface area (Å²) in [5.41, 5.74) is 3.19. The molecule has 0 atom stereocenters. The first kappa shape index (κ1) is 24.4. The second-order valence-electron chi connectivity index (χ2n) is 9.18. The minimum absolute atomic E-state index is 0.0888. The standard InChI is InChI=1S/C18H20ClNO2.2C4H9.Sn/c1-4-18(2,3)13-5-7-17(22)15(10-13)20-11-12-9-14(19)6-8-16(12)21;2*1-3-4-2;/h5-11,21-22H,4H2,1-3H3;2*1,3-4H2,2H3;/q;;;+2/p-2. The van der Waals surface area contributed by atoms with E-state index in [2.05, 4.69) is 52.8 Å². The van der Waals surface area contributed by atoms with Crippen LogP contribution in [0.5, 0.6) is 11.5 Å². The third kappa shape index (κ3) is 5.98. The Morgan fingerprint density at radius 3 is 2.19 bits per heavy atom. The van der Waals surface area contributed by atoms with Crippen molar-refractivity contribution in [1.29, 1.82) is 0 Å². The van der Waals surface area contributed by atoms with Crippen LogP contribution in [0.4, 0.5) is 5.69 Å². The maximum absolute atomic E-state index is 6.94. The summed E-state index contributed by atoms with van der Waals surface area (Å²) in [7, 11) is 0. The molecule has 0 bridgehead atoms. The fraction of sp³-hybridized carbons (Fsp3) is 0.500. The van der Waals surface area contributed by atoms with Gasteiger partial charge in [0.25, 0.3) is 0 Å². The summed E-state index contributed by atoms with van der Waals surface area (Å²) >= 11 is 2.83. The van der Waals surface area contributed by atoms with Crippen LogP contribution in [0.1, 0.15) is 77.8 Å². The summed E-state index contributed by atoms with van der Waals surface area (Å²) < 4.78 is 15.9. The van der Waals surface area contributed by atoms with Crippen molar-refractivity contribution in [2.75, 3.05) is 0 Å². The Morgan fingerprint density at radius 2 is 1.55 bits per heavy atom. The van der Waals surface area contributed by atoms with Crippen molar-refractivity contribution in [3.63, 3.8) is 0 Å². The molecular weight excluding hydrogens is 512 g/mol. The predicted octanol–water partition coefficient (Wildman–Crippen LogP) is 8.59. The molecule has 0 aromatic heterocycles. The van der Waals surface area contributed by atoms with Gasteiger partial charge in [-0.05, 0) is 0 Å². The first-order chi connectivity index (χ1) is 14.8. The molecule has 0 spiro atoms. The van der Waals surface area contributed by atoms with Crippen LogP contribution >= 0.6 is 11.6 Å². The van der Waals surface area contributed by atoms with Crippen molar-refractivity contribution in [2.24, 2.45) is 4.99 Å². The Balaban J connectivity index is 2.16. The van der Waals surface area contributed by atoms with Gasteiger partial charge in [-0.3, -0.25) is 0 Å². The Labute approximate surface area is 198 Å². The molecule has 0 saturated carbocycles. The molecule has 3 nitrogen and oxygen atoms in total. The van der Waals surface area contributed by atoms with E-state index in [0.29, 0.717) is 5.02 Å². The summed E-state index contributed by atoms with van der Waals surface area (Å²) in [6.45, 7) is 11.2. The van der Waals surface area contributed by atoms with E-state index >= 15 is 0 Å². The van der Waals surface area contributed by atoms with Crippen LogP contribution in [-0.2, 0) is 5.41 Å². The number of rotatable bonds is 8. The van der Waals surface area contributed by atoms with Crippen molar-refractivity contribution in [3.05, 3.63) is 52.5 Å². The van der Waals surface area contributed by atoms with E-state index < -0.39 is 19.2 Å². The maximum atomic E-state index is 6.94. The van der Waals surface area contributed by atoms with Crippen molar-refractivity contribution in [1.82, 2.24) is 0 Å². The van der Waals surface area contributed by atoms with Crippen LogP contribution in [0.3, 0.4) is 0 Å². The van der Waals surface area contributed by atoms with E-state index in [-0.39, 0.29) is 5.41 Å². The summed E-state index contributed by atoms with van der Waals surface area (Å²) in [6, 6.07) is 12.4. The van der Waals surface area contributed by atoms with Gasteiger partial charge < -0.3 is 0 Å². The molecule has 168 valence electrons. The molecule has 3 rings (SSSR count). The first-order valence-electron chi connectivity index (χ1n) is 11.7. The molecule has 2 aromatic carbocycles. The van der Waals surface area contributed by atoms with Crippen molar-refractivity contribution in [2.45, 2.75) is 81.0 Å². The summed E-state index contributed by atoms with van der Waals surface area (Å²) in [5.74, 6) is 1.73. The summed E-state index contributed by atoms with van der Waals surface area (Å²) in [6.07, 6.45) is 7.47. The molecule has 1 aliphatic rings. The molecule has 1 heterocycles. The molecule has 1 aliphatic heterocycles. The minimum atomic E-state index is -3.49. The zero-order chi connectivity index (χ0) is 22.5. The van der Waals surface area contributed by atoms with Gasteiger partial charge in [0, 0.05) is 0 Å². The van der Waals surface area contributed by atoms with Gasteiger partial charge in [0.15, 0.2) is 0 Å². The van der Waals surface area contributed by atoms with E-state index in [0.717, 1.165) is 63.7 Å². The second-order valence-corrected chi connectivity index (χ2v) is 18.8. The number of unbranched alkanes of at least 4 members (excludes halogenated alkanes) is 2. The third-order valence-electron chi connectivity index (χ3n) is 6.35. The first-order valence-corrected chi connectivity index (χ1v) is 18.4. The van der Waals surface area contributed by atoms with Gasteiger partial charge in [0.2, 0.25) is 0 Å². The van der Waals surface area contributed by atoms with E-state index in [1.54, 1.807) is 0 Å². The molecule has 31 heavy (non-hydrogen) atoms. The molecule has 0 unspecified atom stereocenters. The fourth-order valence-corrected chi connectivity index (χ4v) is 14.4. The number of fused-ring (bicyclic) bond motifs is 2. The fourth-order valence-electron chi connectivity index (χ4n) is 3.82. The van der Waals surface area contributed by atoms with Gasteiger partial charge in [0.1, 0.15) is 0 Å². The number of aliphatic imine (C=N–C) groups is 1. The molecule has 0 N–H and O–H groups in total. The van der Waals surface area contributed by atoms with Gasteiger partial charge in [-0.2, -0.15) is 0 Å². The summed E-state index contributed by atoms with van der Waals surface area (Å²) in [4.78, 5) is 4.87. The zero-order valence-corrected chi connectivity index (χ0v) is 23.2. The Bertz CT molecular complexity index is 918. The SMILES string of the molecule is CCC[CH2][Sn]1([CH2]CCC)[O]c2ccc(Cl)cc2C=Nc2cc(C(C)(C)CC)ccc2[O]1. The number of nitrogens with zero attached hydrogens (tertiary/aromatic N) is 1.